The van der Waals surface area contributed by atoms with Crippen LogP contribution in [-0.4, -0.2) is 21.1 Å². The number of carbonyl (C=O) groups is 1. The van der Waals surface area contributed by atoms with E-state index in [1.54, 1.807) is 6.07 Å². The zero-order valence-electron chi connectivity index (χ0n) is 9.02. The van der Waals surface area contributed by atoms with E-state index in [1.165, 1.54) is 12.5 Å². The number of carbonyl (C=O) groups excluding carboxylic acids is 1. The van der Waals surface area contributed by atoms with Crippen molar-refractivity contribution in [2.24, 2.45) is 0 Å². The van der Waals surface area contributed by atoms with Gasteiger partial charge >= 0.3 is 0 Å². The molecule has 2 rings (SSSR count). The maximum Gasteiger partial charge on any atom is 0.261 e. The van der Waals surface area contributed by atoms with E-state index < -0.39 is 0 Å². The Balaban J connectivity index is 2.07. The lowest BCUT2D eigenvalue weighted by atomic mass is 10.2. The van der Waals surface area contributed by atoms with Gasteiger partial charge in [-0.2, -0.15) is 4.98 Å². The summed E-state index contributed by atoms with van der Waals surface area (Å²) in [5, 5.41) is 9.21. The van der Waals surface area contributed by atoms with Crippen molar-refractivity contribution in [2.75, 3.05) is 5.32 Å². The van der Waals surface area contributed by atoms with Gasteiger partial charge < -0.3 is 4.42 Å². The smallest absolute Gasteiger partial charge is 0.261 e. The summed E-state index contributed by atoms with van der Waals surface area (Å²) in [7, 11) is 0. The van der Waals surface area contributed by atoms with Crippen molar-refractivity contribution in [1.82, 2.24) is 15.2 Å². The van der Waals surface area contributed by atoms with Crippen molar-refractivity contribution >= 4 is 11.9 Å². The highest BCUT2D eigenvalue weighted by molar-refractivity contribution is 6.02. The first-order chi connectivity index (χ1) is 7.66. The highest BCUT2D eigenvalue weighted by Crippen LogP contribution is 2.10. The van der Waals surface area contributed by atoms with Crippen LogP contribution in [0.15, 0.2) is 23.0 Å². The van der Waals surface area contributed by atoms with Crippen LogP contribution in [0, 0.1) is 0 Å². The Morgan fingerprint density at radius 2 is 2.38 bits per heavy atom. The van der Waals surface area contributed by atoms with Crippen LogP contribution in [0.4, 0.5) is 5.95 Å². The molecule has 2 N–H and O–H groups in total. The molecule has 16 heavy (non-hydrogen) atoms. The largest absolute Gasteiger partial charge is 0.472 e. The van der Waals surface area contributed by atoms with Gasteiger partial charge in [0, 0.05) is 5.92 Å². The Bertz CT molecular complexity index is 473. The van der Waals surface area contributed by atoms with Crippen LogP contribution >= 0.6 is 0 Å². The number of anilines is 1. The van der Waals surface area contributed by atoms with E-state index in [1.807, 2.05) is 13.8 Å². The molecule has 2 heterocycles. The van der Waals surface area contributed by atoms with E-state index in [2.05, 4.69) is 20.5 Å². The quantitative estimate of drug-likeness (QED) is 0.825. The first-order valence-corrected chi connectivity index (χ1v) is 4.92. The monoisotopic (exact) mass is 220 g/mol. The molecule has 0 saturated carbocycles. The maximum atomic E-state index is 11.6. The number of nitrogens with one attached hydrogen (secondary N) is 2. The van der Waals surface area contributed by atoms with Crippen molar-refractivity contribution in [3.63, 3.8) is 0 Å². The lowest BCUT2D eigenvalue weighted by Crippen LogP contribution is -2.12. The normalized spacial score (nSPS) is 10.7. The van der Waals surface area contributed by atoms with E-state index in [0.717, 1.165) is 5.82 Å². The molecule has 2 aromatic rings. The Labute approximate surface area is 92.1 Å². The summed E-state index contributed by atoms with van der Waals surface area (Å²) in [6.45, 7) is 3.98. The van der Waals surface area contributed by atoms with Crippen LogP contribution in [0.25, 0.3) is 0 Å². The van der Waals surface area contributed by atoms with E-state index in [-0.39, 0.29) is 17.8 Å². The molecule has 0 aliphatic carbocycles. The maximum absolute atomic E-state index is 11.6. The SMILES string of the molecule is CC(C)c1nc(NC(=O)c2ccoc2)n[nH]1. The molecule has 2 aromatic heterocycles. The molecule has 0 saturated heterocycles. The molecular weight excluding hydrogens is 208 g/mol. The summed E-state index contributed by atoms with van der Waals surface area (Å²) in [6.07, 6.45) is 2.80. The Hall–Kier alpha value is -2.11. The van der Waals surface area contributed by atoms with Crippen molar-refractivity contribution in [1.29, 1.82) is 0 Å². The van der Waals surface area contributed by atoms with Crippen LogP contribution < -0.4 is 5.32 Å². The van der Waals surface area contributed by atoms with E-state index in [0.29, 0.717) is 5.56 Å². The highest BCUT2D eigenvalue weighted by atomic mass is 16.3. The average Bonchev–Trinajstić information content (AvgIpc) is 2.87. The van der Waals surface area contributed by atoms with Gasteiger partial charge in [-0.05, 0) is 6.07 Å². The van der Waals surface area contributed by atoms with Crippen molar-refractivity contribution in [3.8, 4) is 0 Å². The summed E-state index contributed by atoms with van der Waals surface area (Å²) in [4.78, 5) is 15.7. The number of hydrogen-bond acceptors (Lipinski definition) is 4. The summed E-state index contributed by atoms with van der Waals surface area (Å²) in [5.41, 5.74) is 0.441. The standard InChI is InChI=1S/C10H12N4O2/c1-6(2)8-11-10(14-13-8)12-9(15)7-3-4-16-5-7/h3-6H,1-2H3,(H2,11,12,13,14,15). The van der Waals surface area contributed by atoms with Crippen LogP contribution in [-0.2, 0) is 0 Å². The third-order valence-corrected chi connectivity index (χ3v) is 2.06. The summed E-state index contributed by atoms with van der Waals surface area (Å²) < 4.78 is 4.81. The molecule has 0 radical (unpaired) electrons. The number of amides is 1. The molecule has 84 valence electrons. The van der Waals surface area contributed by atoms with Gasteiger partial charge in [-0.1, -0.05) is 13.8 Å². The van der Waals surface area contributed by atoms with Crippen molar-refractivity contribution < 1.29 is 9.21 Å². The molecule has 6 heteroatoms. The van der Waals surface area contributed by atoms with E-state index in [4.69, 9.17) is 4.42 Å². The number of H-pyrrole nitrogens is 1. The minimum Gasteiger partial charge on any atom is -0.472 e. The van der Waals surface area contributed by atoms with Gasteiger partial charge in [0.2, 0.25) is 5.95 Å². The Morgan fingerprint density at radius 1 is 1.56 bits per heavy atom. The number of aromatic amines is 1. The third kappa shape index (κ3) is 2.10. The van der Waals surface area contributed by atoms with Crippen LogP contribution in [0.2, 0.25) is 0 Å². The number of rotatable bonds is 3. The topological polar surface area (TPSA) is 83.8 Å². The summed E-state index contributed by atoms with van der Waals surface area (Å²) >= 11 is 0. The highest BCUT2D eigenvalue weighted by Gasteiger charge is 2.11. The van der Waals surface area contributed by atoms with Crippen LogP contribution in [0.1, 0.15) is 35.9 Å². The second-order valence-electron chi connectivity index (χ2n) is 3.67. The lowest BCUT2D eigenvalue weighted by molar-refractivity contribution is 0.102. The molecule has 0 unspecified atom stereocenters. The molecule has 0 spiro atoms. The zero-order valence-corrected chi connectivity index (χ0v) is 9.02. The predicted molar refractivity (Wildman–Crippen MR) is 57.1 cm³/mol. The Kier molecular flexibility index (Phi) is 2.72. The van der Waals surface area contributed by atoms with Crippen LogP contribution in [0.5, 0.6) is 0 Å². The fraction of sp³-hybridized carbons (Fsp3) is 0.300. The Morgan fingerprint density at radius 3 is 2.94 bits per heavy atom. The molecule has 0 atom stereocenters. The van der Waals surface area contributed by atoms with Gasteiger partial charge in [-0.25, -0.2) is 0 Å². The molecule has 0 bridgehead atoms. The molecule has 0 fully saturated rings. The second kappa shape index (κ2) is 4.18. The molecular formula is C10H12N4O2. The molecule has 0 aliphatic heterocycles. The van der Waals surface area contributed by atoms with E-state index in [9.17, 15) is 4.79 Å². The van der Waals surface area contributed by atoms with Gasteiger partial charge in [0.15, 0.2) is 0 Å². The zero-order chi connectivity index (χ0) is 11.5. The summed E-state index contributed by atoms with van der Waals surface area (Å²) in [6, 6.07) is 1.57. The van der Waals surface area contributed by atoms with Crippen LogP contribution in [0.3, 0.4) is 0 Å². The minimum absolute atomic E-state index is 0.243. The molecule has 6 nitrogen and oxygen atoms in total. The fourth-order valence-corrected chi connectivity index (χ4v) is 1.16. The average molecular weight is 220 g/mol. The fourth-order valence-electron chi connectivity index (χ4n) is 1.16. The van der Waals surface area contributed by atoms with Crippen molar-refractivity contribution in [2.45, 2.75) is 19.8 Å². The predicted octanol–water partition coefficient (Wildman–Crippen LogP) is 1.77. The van der Waals surface area contributed by atoms with Gasteiger partial charge in [0.05, 0.1) is 11.8 Å². The number of furan rings is 1. The summed E-state index contributed by atoms with van der Waals surface area (Å²) in [5.74, 6) is 0.965. The van der Waals surface area contributed by atoms with Gasteiger partial charge in [0.1, 0.15) is 12.1 Å². The van der Waals surface area contributed by atoms with Gasteiger partial charge in [0.25, 0.3) is 5.91 Å². The first kappa shape index (κ1) is 10.4. The number of aromatic nitrogens is 3. The third-order valence-electron chi connectivity index (χ3n) is 2.06. The second-order valence-corrected chi connectivity index (χ2v) is 3.67. The van der Waals surface area contributed by atoms with E-state index >= 15 is 0 Å². The molecule has 0 aliphatic rings. The number of hydrogen-bond donors (Lipinski definition) is 2. The molecule has 0 aromatic carbocycles. The minimum atomic E-state index is -0.289. The van der Waals surface area contributed by atoms with Crippen molar-refractivity contribution in [3.05, 3.63) is 30.0 Å². The number of nitrogens with zero attached hydrogens (tertiary/aromatic N) is 2. The lowest BCUT2D eigenvalue weighted by Gasteiger charge is -1.97. The molecule has 1 amide bonds. The van der Waals surface area contributed by atoms with Gasteiger partial charge in [-0.15, -0.1) is 5.10 Å². The first-order valence-electron chi connectivity index (χ1n) is 4.92. The van der Waals surface area contributed by atoms with Gasteiger partial charge in [-0.3, -0.25) is 15.2 Å².